The van der Waals surface area contributed by atoms with Crippen molar-refractivity contribution in [1.82, 2.24) is 9.88 Å². The predicted molar refractivity (Wildman–Crippen MR) is 95.4 cm³/mol. The molecule has 1 N–H and O–H groups in total. The standard InChI is InChI=1S/C17H21FN4OS/c1-12-4-5-15(14(18)10-12)20-16(23)21-6-3-7-22(9-8-21)17-19-13(2)11-24-17/h4-5,10-11H,3,6-9H2,1-2H3,(H,20,23). The summed E-state index contributed by atoms with van der Waals surface area (Å²) in [6.45, 7) is 6.65. The highest BCUT2D eigenvalue weighted by molar-refractivity contribution is 7.13. The monoisotopic (exact) mass is 348 g/mol. The summed E-state index contributed by atoms with van der Waals surface area (Å²) in [4.78, 5) is 20.9. The fourth-order valence-corrected chi connectivity index (χ4v) is 3.57. The molecule has 0 radical (unpaired) electrons. The van der Waals surface area contributed by atoms with Crippen molar-refractivity contribution in [3.63, 3.8) is 0 Å². The van der Waals surface area contributed by atoms with E-state index in [9.17, 15) is 9.18 Å². The Bertz CT molecular complexity index is 733. The Hall–Kier alpha value is -2.15. The summed E-state index contributed by atoms with van der Waals surface area (Å²) in [5.41, 5.74) is 2.07. The highest BCUT2D eigenvalue weighted by Gasteiger charge is 2.21. The SMILES string of the molecule is Cc1ccc(NC(=O)N2CCCN(c3nc(C)cs3)CC2)c(F)c1. The molecular weight excluding hydrogens is 327 g/mol. The minimum atomic E-state index is -0.405. The second kappa shape index (κ2) is 7.17. The van der Waals surface area contributed by atoms with Crippen LogP contribution in [0, 0.1) is 19.7 Å². The molecule has 0 atom stereocenters. The van der Waals surface area contributed by atoms with Crippen LogP contribution in [0.5, 0.6) is 0 Å². The number of nitrogens with one attached hydrogen (secondary N) is 1. The van der Waals surface area contributed by atoms with Crippen LogP contribution in [0.2, 0.25) is 0 Å². The second-order valence-electron chi connectivity index (χ2n) is 6.01. The van der Waals surface area contributed by atoms with E-state index in [-0.39, 0.29) is 11.7 Å². The van der Waals surface area contributed by atoms with Crippen molar-refractivity contribution in [3.8, 4) is 0 Å². The Morgan fingerprint density at radius 1 is 1.25 bits per heavy atom. The summed E-state index contributed by atoms with van der Waals surface area (Å²) < 4.78 is 13.9. The minimum absolute atomic E-state index is 0.224. The first-order valence-electron chi connectivity index (χ1n) is 8.02. The minimum Gasteiger partial charge on any atom is -0.346 e. The number of urea groups is 1. The van der Waals surface area contributed by atoms with Crippen LogP contribution >= 0.6 is 11.3 Å². The van der Waals surface area contributed by atoms with Gasteiger partial charge in [0.2, 0.25) is 0 Å². The molecule has 0 saturated carbocycles. The number of hydrogen-bond donors (Lipinski definition) is 1. The van der Waals surface area contributed by atoms with Gasteiger partial charge in [0.25, 0.3) is 0 Å². The van der Waals surface area contributed by atoms with Crippen LogP contribution in [0.4, 0.5) is 20.0 Å². The van der Waals surface area contributed by atoms with Crippen molar-refractivity contribution in [2.24, 2.45) is 0 Å². The third-order valence-corrected chi connectivity index (χ3v) is 5.05. The Morgan fingerprint density at radius 3 is 2.79 bits per heavy atom. The van der Waals surface area contributed by atoms with Gasteiger partial charge in [0, 0.05) is 31.6 Å². The number of anilines is 2. The number of amides is 2. The average molecular weight is 348 g/mol. The number of thiazole rings is 1. The lowest BCUT2D eigenvalue weighted by Gasteiger charge is -2.22. The van der Waals surface area contributed by atoms with Crippen molar-refractivity contribution in [2.75, 3.05) is 36.4 Å². The third-order valence-electron chi connectivity index (χ3n) is 4.03. The van der Waals surface area contributed by atoms with Gasteiger partial charge in [-0.05, 0) is 38.0 Å². The largest absolute Gasteiger partial charge is 0.346 e. The maximum Gasteiger partial charge on any atom is 0.321 e. The number of halogens is 1. The van der Waals surface area contributed by atoms with E-state index in [1.807, 2.05) is 19.2 Å². The van der Waals surface area contributed by atoms with Gasteiger partial charge in [-0.25, -0.2) is 14.2 Å². The first-order valence-corrected chi connectivity index (χ1v) is 8.90. The van der Waals surface area contributed by atoms with E-state index in [1.165, 1.54) is 6.07 Å². The Labute approximate surface area is 145 Å². The quantitative estimate of drug-likeness (QED) is 0.901. The van der Waals surface area contributed by atoms with Gasteiger partial charge in [-0.1, -0.05) is 6.07 Å². The van der Waals surface area contributed by atoms with E-state index in [2.05, 4.69) is 15.2 Å². The molecule has 1 aliphatic rings. The lowest BCUT2D eigenvalue weighted by molar-refractivity contribution is 0.215. The molecule has 2 heterocycles. The number of aromatic nitrogens is 1. The van der Waals surface area contributed by atoms with Gasteiger partial charge in [-0.3, -0.25) is 0 Å². The molecule has 0 aliphatic carbocycles. The molecule has 1 aliphatic heterocycles. The smallest absolute Gasteiger partial charge is 0.321 e. The van der Waals surface area contributed by atoms with Gasteiger partial charge in [0.1, 0.15) is 5.82 Å². The number of benzene rings is 1. The van der Waals surface area contributed by atoms with E-state index in [0.29, 0.717) is 13.1 Å². The van der Waals surface area contributed by atoms with Crippen molar-refractivity contribution >= 4 is 28.2 Å². The summed E-state index contributed by atoms with van der Waals surface area (Å²) in [7, 11) is 0. The molecular formula is C17H21FN4OS. The third kappa shape index (κ3) is 3.84. The van der Waals surface area contributed by atoms with Crippen LogP contribution < -0.4 is 10.2 Å². The average Bonchev–Trinajstić information content (AvgIpc) is 2.83. The molecule has 1 fully saturated rings. The molecule has 1 saturated heterocycles. The molecule has 0 unspecified atom stereocenters. The maximum absolute atomic E-state index is 13.9. The van der Waals surface area contributed by atoms with Crippen molar-refractivity contribution in [3.05, 3.63) is 40.7 Å². The number of aryl methyl sites for hydroxylation is 2. The second-order valence-corrected chi connectivity index (χ2v) is 6.85. The Morgan fingerprint density at radius 2 is 2.08 bits per heavy atom. The molecule has 24 heavy (non-hydrogen) atoms. The number of rotatable bonds is 2. The van der Waals surface area contributed by atoms with Crippen LogP contribution in [0.3, 0.4) is 0 Å². The molecule has 2 aromatic rings. The fourth-order valence-electron chi connectivity index (χ4n) is 2.71. The molecule has 0 spiro atoms. The highest BCUT2D eigenvalue weighted by Crippen LogP contribution is 2.22. The highest BCUT2D eigenvalue weighted by atomic mass is 32.1. The number of carbonyl (C=O) groups excluding carboxylic acids is 1. The molecule has 1 aromatic heterocycles. The van der Waals surface area contributed by atoms with E-state index in [1.54, 1.807) is 28.4 Å². The number of carbonyl (C=O) groups is 1. The summed E-state index contributed by atoms with van der Waals surface area (Å²) in [5.74, 6) is -0.405. The Balaban J connectivity index is 1.62. The van der Waals surface area contributed by atoms with Gasteiger partial charge in [-0.15, -0.1) is 11.3 Å². The van der Waals surface area contributed by atoms with Crippen LogP contribution in [0.25, 0.3) is 0 Å². The van der Waals surface area contributed by atoms with Gasteiger partial charge >= 0.3 is 6.03 Å². The zero-order chi connectivity index (χ0) is 17.1. The van der Waals surface area contributed by atoms with Gasteiger partial charge in [-0.2, -0.15) is 0 Å². The zero-order valence-electron chi connectivity index (χ0n) is 13.9. The van der Waals surface area contributed by atoms with Crippen LogP contribution in [0.15, 0.2) is 23.6 Å². The molecule has 3 rings (SSSR count). The van der Waals surface area contributed by atoms with Gasteiger partial charge < -0.3 is 15.1 Å². The Kier molecular flexibility index (Phi) is 4.99. The van der Waals surface area contributed by atoms with Crippen LogP contribution in [0.1, 0.15) is 17.7 Å². The first kappa shape index (κ1) is 16.7. The summed E-state index contributed by atoms with van der Waals surface area (Å²) in [5, 5.41) is 5.71. The fraction of sp³-hybridized carbons (Fsp3) is 0.412. The van der Waals surface area contributed by atoms with Crippen molar-refractivity contribution in [1.29, 1.82) is 0 Å². The molecule has 7 heteroatoms. The topological polar surface area (TPSA) is 48.5 Å². The lowest BCUT2D eigenvalue weighted by Crippen LogP contribution is -2.38. The normalized spacial score (nSPS) is 15.3. The van der Waals surface area contributed by atoms with E-state index >= 15 is 0 Å². The molecule has 5 nitrogen and oxygen atoms in total. The maximum atomic E-state index is 13.9. The van der Waals surface area contributed by atoms with Crippen molar-refractivity contribution < 1.29 is 9.18 Å². The number of hydrogen-bond acceptors (Lipinski definition) is 4. The van der Waals surface area contributed by atoms with Gasteiger partial charge in [0.15, 0.2) is 5.13 Å². The molecule has 0 bridgehead atoms. The van der Waals surface area contributed by atoms with E-state index in [4.69, 9.17) is 0 Å². The molecule has 2 amide bonds. The predicted octanol–water partition coefficient (Wildman–Crippen LogP) is 3.64. The molecule has 128 valence electrons. The summed E-state index contributed by atoms with van der Waals surface area (Å²) in [6.07, 6.45) is 0.864. The van der Waals surface area contributed by atoms with Crippen LogP contribution in [-0.4, -0.2) is 42.1 Å². The molecule has 1 aromatic carbocycles. The lowest BCUT2D eigenvalue weighted by atomic mass is 10.2. The van der Waals surface area contributed by atoms with Crippen LogP contribution in [-0.2, 0) is 0 Å². The van der Waals surface area contributed by atoms with E-state index < -0.39 is 5.82 Å². The first-order chi connectivity index (χ1) is 11.5. The summed E-state index contributed by atoms with van der Waals surface area (Å²) in [6, 6.07) is 4.55. The van der Waals surface area contributed by atoms with Crippen molar-refractivity contribution in [2.45, 2.75) is 20.3 Å². The zero-order valence-corrected chi connectivity index (χ0v) is 14.7. The van der Waals surface area contributed by atoms with Gasteiger partial charge in [0.05, 0.1) is 11.4 Å². The summed E-state index contributed by atoms with van der Waals surface area (Å²) >= 11 is 1.63. The van der Waals surface area contributed by atoms with E-state index in [0.717, 1.165) is 35.9 Å². The number of nitrogens with zero attached hydrogens (tertiary/aromatic N) is 3.